The molecule has 2 saturated carbocycles. The average molecular weight is 495 g/mol. The van der Waals surface area contributed by atoms with Crippen molar-refractivity contribution in [3.8, 4) is 6.07 Å². The molecule has 0 aromatic carbocycles. The van der Waals surface area contributed by atoms with Crippen LogP contribution in [-0.2, 0) is 4.74 Å². The Labute approximate surface area is 211 Å². The van der Waals surface area contributed by atoms with Crippen LogP contribution in [0.25, 0.3) is 0 Å². The fraction of sp³-hybridized carbons (Fsp3) is 0.538. The molecule has 2 aliphatic carbocycles. The van der Waals surface area contributed by atoms with E-state index in [0.717, 1.165) is 42.8 Å². The number of carbonyl (C=O) groups excluding carboxylic acids is 1. The van der Waals surface area contributed by atoms with Gasteiger partial charge in [0.15, 0.2) is 0 Å². The van der Waals surface area contributed by atoms with Gasteiger partial charge in [-0.05, 0) is 70.6 Å². The van der Waals surface area contributed by atoms with Crippen LogP contribution in [0.15, 0.2) is 24.4 Å². The number of hydrogen-bond acceptors (Lipinski definition) is 7. The molecule has 1 saturated heterocycles. The predicted molar refractivity (Wildman–Crippen MR) is 135 cm³/mol. The number of rotatable bonds is 5. The molecule has 9 heteroatoms. The van der Waals surface area contributed by atoms with Crippen molar-refractivity contribution < 1.29 is 9.53 Å². The SMILES string of the molecule is CC(C)(C)OC(=O)N1CCN(c2nc(C3CC3)c(Nc3ccnc(Cl)c3)cc2C#N)C[C@H]1C1CC1. The van der Waals surface area contributed by atoms with Crippen LogP contribution in [0.5, 0.6) is 0 Å². The second kappa shape index (κ2) is 9.19. The molecule has 0 bridgehead atoms. The second-order valence-corrected chi connectivity index (χ2v) is 11.1. The third kappa shape index (κ3) is 5.46. The fourth-order valence-corrected chi connectivity index (χ4v) is 4.85. The van der Waals surface area contributed by atoms with E-state index in [4.69, 9.17) is 21.3 Å². The Kier molecular flexibility index (Phi) is 6.22. The Hall–Kier alpha value is -3.05. The maximum atomic E-state index is 12.9. The zero-order chi connectivity index (χ0) is 24.7. The van der Waals surface area contributed by atoms with Crippen LogP contribution >= 0.6 is 11.6 Å². The molecule has 3 aliphatic rings. The van der Waals surface area contributed by atoms with Crippen molar-refractivity contribution in [3.63, 3.8) is 0 Å². The van der Waals surface area contributed by atoms with Gasteiger partial charge in [0.05, 0.1) is 23.0 Å². The second-order valence-electron chi connectivity index (χ2n) is 10.7. The Morgan fingerprint density at radius 1 is 1.23 bits per heavy atom. The van der Waals surface area contributed by atoms with Gasteiger partial charge in [0.25, 0.3) is 0 Å². The summed E-state index contributed by atoms with van der Waals surface area (Å²) in [7, 11) is 0. The lowest BCUT2D eigenvalue weighted by atomic mass is 10.1. The predicted octanol–water partition coefficient (Wildman–Crippen LogP) is 5.46. The van der Waals surface area contributed by atoms with Crippen molar-refractivity contribution in [2.75, 3.05) is 29.9 Å². The molecule has 8 nitrogen and oxygen atoms in total. The lowest BCUT2D eigenvalue weighted by Gasteiger charge is -2.42. The van der Waals surface area contributed by atoms with Gasteiger partial charge in [-0.3, -0.25) is 0 Å². The average Bonchev–Trinajstić information content (AvgIpc) is 3.70. The van der Waals surface area contributed by atoms with Crippen molar-refractivity contribution in [2.45, 2.75) is 64.0 Å². The van der Waals surface area contributed by atoms with Crippen LogP contribution in [0, 0.1) is 17.2 Å². The molecule has 0 radical (unpaired) electrons. The molecule has 0 unspecified atom stereocenters. The van der Waals surface area contributed by atoms with Crippen LogP contribution in [0.2, 0.25) is 5.15 Å². The van der Waals surface area contributed by atoms with E-state index < -0.39 is 5.60 Å². The highest BCUT2D eigenvalue weighted by molar-refractivity contribution is 6.29. The minimum absolute atomic E-state index is 0.0630. The summed E-state index contributed by atoms with van der Waals surface area (Å²) in [5, 5.41) is 13.8. The van der Waals surface area contributed by atoms with Crippen molar-refractivity contribution in [3.05, 3.63) is 40.8 Å². The number of carbonyl (C=O) groups is 1. The highest BCUT2D eigenvalue weighted by atomic mass is 35.5. The van der Waals surface area contributed by atoms with E-state index in [1.165, 1.54) is 0 Å². The summed E-state index contributed by atoms with van der Waals surface area (Å²) in [6, 6.07) is 7.92. The van der Waals surface area contributed by atoms with Crippen molar-refractivity contribution in [1.29, 1.82) is 5.26 Å². The molecule has 5 rings (SSSR count). The summed E-state index contributed by atoms with van der Waals surface area (Å²) < 4.78 is 5.69. The topological polar surface area (TPSA) is 94.4 Å². The summed E-state index contributed by atoms with van der Waals surface area (Å²) in [6.07, 6.45) is 5.79. The molecule has 3 heterocycles. The number of piperazine rings is 1. The molecule has 1 aliphatic heterocycles. The van der Waals surface area contributed by atoms with Crippen molar-refractivity contribution in [2.24, 2.45) is 5.92 Å². The number of anilines is 3. The largest absolute Gasteiger partial charge is 0.444 e. The third-order valence-electron chi connectivity index (χ3n) is 6.63. The number of nitrogens with zero attached hydrogens (tertiary/aromatic N) is 5. The molecular weight excluding hydrogens is 464 g/mol. The van der Waals surface area contributed by atoms with Crippen LogP contribution < -0.4 is 10.2 Å². The molecule has 3 fully saturated rings. The summed E-state index contributed by atoms with van der Waals surface area (Å²) in [5.41, 5.74) is 2.62. The summed E-state index contributed by atoms with van der Waals surface area (Å²) in [4.78, 5) is 26.1. The van der Waals surface area contributed by atoms with Crippen molar-refractivity contribution in [1.82, 2.24) is 14.9 Å². The Bertz CT molecular complexity index is 1170. The number of amides is 1. The molecule has 2 aromatic heterocycles. The molecule has 184 valence electrons. The maximum absolute atomic E-state index is 12.9. The first kappa shape index (κ1) is 23.7. The van der Waals surface area contributed by atoms with E-state index in [9.17, 15) is 10.1 Å². The van der Waals surface area contributed by atoms with E-state index in [2.05, 4.69) is 21.3 Å². The van der Waals surface area contributed by atoms with Gasteiger partial charge < -0.3 is 19.9 Å². The molecule has 1 N–H and O–H groups in total. The van der Waals surface area contributed by atoms with E-state index in [1.807, 2.05) is 37.8 Å². The van der Waals surface area contributed by atoms with Gasteiger partial charge in [-0.25, -0.2) is 14.8 Å². The Balaban J connectivity index is 1.42. The van der Waals surface area contributed by atoms with Crippen LogP contribution in [0.1, 0.15) is 63.6 Å². The minimum atomic E-state index is -0.529. The highest BCUT2D eigenvalue weighted by Gasteiger charge is 2.43. The van der Waals surface area contributed by atoms with Gasteiger partial charge in [0.2, 0.25) is 0 Å². The number of aromatic nitrogens is 2. The third-order valence-corrected chi connectivity index (χ3v) is 6.84. The lowest BCUT2D eigenvalue weighted by molar-refractivity contribution is 0.0116. The monoisotopic (exact) mass is 494 g/mol. The normalized spacial score (nSPS) is 20.4. The summed E-state index contributed by atoms with van der Waals surface area (Å²) in [6.45, 7) is 7.50. The van der Waals surface area contributed by atoms with Gasteiger partial charge in [-0.2, -0.15) is 5.26 Å². The standard InChI is InChI=1S/C26H31ClN6O2/c1-26(2,3)35-25(34)33-11-10-32(15-21(33)16-4-5-16)24-18(14-28)12-20(23(31-24)17-6-7-17)30-19-8-9-29-22(27)13-19/h8-9,12-13,16-17,21H,4-7,10-11,15H2,1-3H3,(H,29,30)/t21-/m0/s1. The van der Waals surface area contributed by atoms with Crippen molar-refractivity contribution >= 4 is 34.9 Å². The Morgan fingerprint density at radius 2 is 2.00 bits per heavy atom. The first-order valence-electron chi connectivity index (χ1n) is 12.3. The van der Waals surface area contributed by atoms with E-state index in [1.54, 1.807) is 12.3 Å². The van der Waals surface area contributed by atoms with Crippen LogP contribution in [0.3, 0.4) is 0 Å². The first-order valence-corrected chi connectivity index (χ1v) is 12.7. The molecule has 1 amide bonds. The summed E-state index contributed by atoms with van der Waals surface area (Å²) in [5.74, 6) is 1.56. The van der Waals surface area contributed by atoms with Gasteiger partial charge in [-0.1, -0.05) is 11.6 Å². The van der Waals surface area contributed by atoms with E-state index in [-0.39, 0.29) is 12.1 Å². The number of ether oxygens (including phenoxy) is 1. The van der Waals surface area contributed by atoms with Gasteiger partial charge in [-0.15, -0.1) is 0 Å². The van der Waals surface area contributed by atoms with E-state index >= 15 is 0 Å². The van der Waals surface area contributed by atoms with Gasteiger partial charge >= 0.3 is 6.09 Å². The molecule has 1 atom stereocenters. The molecule has 35 heavy (non-hydrogen) atoms. The zero-order valence-corrected chi connectivity index (χ0v) is 21.2. The lowest BCUT2D eigenvalue weighted by Crippen LogP contribution is -2.57. The quantitative estimate of drug-likeness (QED) is 0.551. The molecule has 2 aromatic rings. The number of pyridine rings is 2. The first-order chi connectivity index (χ1) is 16.7. The summed E-state index contributed by atoms with van der Waals surface area (Å²) >= 11 is 6.06. The van der Waals surface area contributed by atoms with Crippen LogP contribution in [-0.4, -0.2) is 52.2 Å². The fourth-order valence-electron chi connectivity index (χ4n) is 4.68. The number of hydrogen-bond donors (Lipinski definition) is 1. The minimum Gasteiger partial charge on any atom is -0.444 e. The van der Waals surface area contributed by atoms with Crippen LogP contribution in [0.4, 0.5) is 22.0 Å². The number of nitriles is 1. The Morgan fingerprint density at radius 3 is 2.63 bits per heavy atom. The smallest absolute Gasteiger partial charge is 0.410 e. The number of nitrogens with one attached hydrogen (secondary N) is 1. The number of halogens is 1. The highest BCUT2D eigenvalue weighted by Crippen LogP contribution is 2.45. The van der Waals surface area contributed by atoms with E-state index in [0.29, 0.717) is 48.0 Å². The molecule has 0 spiro atoms. The van der Waals surface area contributed by atoms with Gasteiger partial charge in [0, 0.05) is 37.4 Å². The van der Waals surface area contributed by atoms with Gasteiger partial charge in [0.1, 0.15) is 22.6 Å². The molecular formula is C26H31ClN6O2. The zero-order valence-electron chi connectivity index (χ0n) is 20.4. The maximum Gasteiger partial charge on any atom is 0.410 e.